The first-order chi connectivity index (χ1) is 10.7. The lowest BCUT2D eigenvalue weighted by Gasteiger charge is -2.08. The molecule has 7 heteroatoms. The lowest BCUT2D eigenvalue weighted by molar-refractivity contribution is 0.262. The second-order valence-electron chi connectivity index (χ2n) is 4.45. The summed E-state index contributed by atoms with van der Waals surface area (Å²) in [7, 11) is 0. The molecule has 2 aromatic rings. The molecule has 114 valence electrons. The third-order valence-electron chi connectivity index (χ3n) is 2.72. The molecule has 0 aliphatic carbocycles. The van der Waals surface area contributed by atoms with E-state index in [4.69, 9.17) is 10.00 Å². The number of hydrogen-bond acceptors (Lipinski definition) is 5. The number of nitriles is 1. The van der Waals surface area contributed by atoms with Crippen LogP contribution in [-0.4, -0.2) is 17.6 Å². The van der Waals surface area contributed by atoms with Crippen LogP contribution in [0, 0.1) is 11.3 Å². The van der Waals surface area contributed by atoms with Crippen molar-refractivity contribution in [3.8, 4) is 11.8 Å². The Balaban J connectivity index is 1.84. The third-order valence-corrected chi connectivity index (χ3v) is 3.53. The van der Waals surface area contributed by atoms with E-state index in [9.17, 15) is 4.79 Å². The first-order valence-electron chi connectivity index (χ1n) is 6.88. The summed E-state index contributed by atoms with van der Waals surface area (Å²) < 4.78 is 5.55. The van der Waals surface area contributed by atoms with Crippen molar-refractivity contribution in [1.29, 1.82) is 5.26 Å². The van der Waals surface area contributed by atoms with Gasteiger partial charge >= 0.3 is 6.03 Å². The fourth-order valence-electron chi connectivity index (χ4n) is 1.61. The highest BCUT2D eigenvalue weighted by molar-refractivity contribution is 7.16. The molecule has 0 atom stereocenters. The van der Waals surface area contributed by atoms with Crippen LogP contribution in [0.3, 0.4) is 0 Å². The van der Waals surface area contributed by atoms with E-state index < -0.39 is 6.03 Å². The number of aromatic nitrogens is 1. The Morgan fingerprint density at radius 1 is 1.36 bits per heavy atom. The van der Waals surface area contributed by atoms with E-state index in [0.717, 1.165) is 29.9 Å². The maximum absolute atomic E-state index is 11.8. The number of carbonyl (C=O) groups is 1. The molecule has 1 aromatic carbocycles. The highest BCUT2D eigenvalue weighted by atomic mass is 32.1. The maximum atomic E-state index is 11.8. The van der Waals surface area contributed by atoms with Gasteiger partial charge in [-0.25, -0.2) is 9.78 Å². The summed E-state index contributed by atoms with van der Waals surface area (Å²) in [5.74, 6) is 0.776. The normalized spacial score (nSPS) is 9.82. The quantitative estimate of drug-likeness (QED) is 0.793. The molecule has 0 aliphatic rings. The van der Waals surface area contributed by atoms with E-state index >= 15 is 0 Å². The molecule has 2 amide bonds. The third kappa shape index (κ3) is 4.75. The van der Waals surface area contributed by atoms with Gasteiger partial charge in [0.2, 0.25) is 0 Å². The van der Waals surface area contributed by atoms with Gasteiger partial charge in [-0.15, -0.1) is 0 Å². The minimum atomic E-state index is -0.404. The van der Waals surface area contributed by atoms with Gasteiger partial charge < -0.3 is 10.1 Å². The van der Waals surface area contributed by atoms with Crippen molar-refractivity contribution < 1.29 is 9.53 Å². The summed E-state index contributed by atoms with van der Waals surface area (Å²) >= 11 is 1.12. The molecule has 2 rings (SSSR count). The standard InChI is InChI=1S/C15H16N4O2S/c1-2-3-8-21-12-6-4-11(5-7-12)18-14(20)19-15-17-10-13(9-16)22-15/h4-7,10H,2-3,8H2,1H3,(H2,17,18,19,20). The second kappa shape index (κ2) is 8.00. The van der Waals surface area contributed by atoms with Crippen LogP contribution in [-0.2, 0) is 0 Å². The molecule has 0 radical (unpaired) electrons. The molecular weight excluding hydrogens is 300 g/mol. The average Bonchev–Trinajstić information content (AvgIpc) is 2.97. The van der Waals surface area contributed by atoms with E-state index in [1.54, 1.807) is 12.1 Å². The number of unbranched alkanes of at least 4 members (excludes halogenated alkanes) is 1. The number of rotatable bonds is 6. The number of anilines is 2. The van der Waals surface area contributed by atoms with E-state index in [0.29, 0.717) is 22.3 Å². The number of benzene rings is 1. The molecule has 1 heterocycles. The minimum Gasteiger partial charge on any atom is -0.494 e. The summed E-state index contributed by atoms with van der Waals surface area (Å²) in [5, 5.41) is 14.4. The smallest absolute Gasteiger partial charge is 0.325 e. The van der Waals surface area contributed by atoms with Gasteiger partial charge in [0.25, 0.3) is 0 Å². The van der Waals surface area contributed by atoms with Crippen molar-refractivity contribution in [2.45, 2.75) is 19.8 Å². The molecule has 2 N–H and O–H groups in total. The predicted octanol–water partition coefficient (Wildman–Crippen LogP) is 3.84. The van der Waals surface area contributed by atoms with Crippen LogP contribution >= 0.6 is 11.3 Å². The molecule has 0 unspecified atom stereocenters. The van der Waals surface area contributed by atoms with Gasteiger partial charge in [0, 0.05) is 5.69 Å². The van der Waals surface area contributed by atoms with Crippen molar-refractivity contribution >= 4 is 28.2 Å². The van der Waals surface area contributed by atoms with Gasteiger partial charge in [0.05, 0.1) is 12.8 Å². The Morgan fingerprint density at radius 3 is 2.77 bits per heavy atom. The van der Waals surface area contributed by atoms with Gasteiger partial charge in [0.1, 0.15) is 16.7 Å². The summed E-state index contributed by atoms with van der Waals surface area (Å²) in [5.41, 5.74) is 0.650. The molecule has 0 saturated carbocycles. The van der Waals surface area contributed by atoms with E-state index in [1.807, 2.05) is 18.2 Å². The van der Waals surface area contributed by atoms with Crippen molar-refractivity contribution in [2.24, 2.45) is 0 Å². The number of carbonyl (C=O) groups excluding carboxylic acids is 1. The van der Waals surface area contributed by atoms with E-state index in [-0.39, 0.29) is 0 Å². The molecule has 0 fully saturated rings. The number of urea groups is 1. The predicted molar refractivity (Wildman–Crippen MR) is 86.3 cm³/mol. The zero-order chi connectivity index (χ0) is 15.8. The molecule has 6 nitrogen and oxygen atoms in total. The summed E-state index contributed by atoms with van der Waals surface area (Å²) in [4.78, 5) is 16.2. The van der Waals surface area contributed by atoms with Gasteiger partial charge in [-0.3, -0.25) is 5.32 Å². The number of ether oxygens (including phenoxy) is 1. The van der Waals surface area contributed by atoms with Crippen LogP contribution in [0.5, 0.6) is 5.75 Å². The van der Waals surface area contributed by atoms with E-state index in [2.05, 4.69) is 22.5 Å². The number of thiazole rings is 1. The van der Waals surface area contributed by atoms with Crippen molar-refractivity contribution in [1.82, 2.24) is 4.98 Å². The van der Waals surface area contributed by atoms with Crippen LogP contribution in [0.4, 0.5) is 15.6 Å². The lowest BCUT2D eigenvalue weighted by Crippen LogP contribution is -2.19. The van der Waals surface area contributed by atoms with Crippen LogP contribution in [0.1, 0.15) is 24.6 Å². The Kier molecular flexibility index (Phi) is 5.74. The Labute approximate surface area is 132 Å². The first-order valence-corrected chi connectivity index (χ1v) is 7.69. The highest BCUT2D eigenvalue weighted by Crippen LogP contribution is 2.18. The van der Waals surface area contributed by atoms with Gasteiger partial charge in [-0.2, -0.15) is 5.26 Å². The fourth-order valence-corrected chi connectivity index (χ4v) is 2.22. The zero-order valence-corrected chi connectivity index (χ0v) is 12.9. The monoisotopic (exact) mass is 316 g/mol. The molecule has 22 heavy (non-hydrogen) atoms. The van der Waals surface area contributed by atoms with Gasteiger partial charge in [-0.05, 0) is 30.7 Å². The van der Waals surface area contributed by atoms with Crippen molar-refractivity contribution in [3.05, 3.63) is 35.3 Å². The van der Waals surface area contributed by atoms with Gasteiger partial charge in [-0.1, -0.05) is 24.7 Å². The Bertz CT molecular complexity index is 661. The SMILES string of the molecule is CCCCOc1ccc(NC(=O)Nc2ncc(C#N)s2)cc1. The maximum Gasteiger partial charge on any atom is 0.325 e. The van der Waals surface area contributed by atoms with Crippen LogP contribution in [0.2, 0.25) is 0 Å². The lowest BCUT2D eigenvalue weighted by atomic mass is 10.3. The Hall–Kier alpha value is -2.59. The molecular formula is C15H16N4O2S. The second-order valence-corrected chi connectivity index (χ2v) is 5.48. The Morgan fingerprint density at radius 2 is 2.14 bits per heavy atom. The van der Waals surface area contributed by atoms with Crippen LogP contribution < -0.4 is 15.4 Å². The number of nitrogens with one attached hydrogen (secondary N) is 2. The highest BCUT2D eigenvalue weighted by Gasteiger charge is 2.06. The summed E-state index contributed by atoms with van der Waals surface area (Å²) in [6, 6.07) is 8.71. The minimum absolute atomic E-state index is 0.383. The van der Waals surface area contributed by atoms with Crippen LogP contribution in [0.15, 0.2) is 30.5 Å². The zero-order valence-electron chi connectivity index (χ0n) is 12.1. The fraction of sp³-hybridized carbons (Fsp3) is 0.267. The average molecular weight is 316 g/mol. The largest absolute Gasteiger partial charge is 0.494 e. The van der Waals surface area contributed by atoms with Crippen molar-refractivity contribution in [3.63, 3.8) is 0 Å². The topological polar surface area (TPSA) is 87.0 Å². The molecule has 0 bridgehead atoms. The number of amides is 2. The number of hydrogen-bond donors (Lipinski definition) is 2. The molecule has 0 spiro atoms. The molecule has 0 aliphatic heterocycles. The number of nitrogens with zero attached hydrogens (tertiary/aromatic N) is 2. The van der Waals surface area contributed by atoms with Crippen LogP contribution in [0.25, 0.3) is 0 Å². The summed E-state index contributed by atoms with van der Waals surface area (Å²) in [6.07, 6.45) is 3.52. The molecule has 0 saturated heterocycles. The first kappa shape index (κ1) is 15.8. The van der Waals surface area contributed by atoms with E-state index in [1.165, 1.54) is 6.20 Å². The van der Waals surface area contributed by atoms with Crippen molar-refractivity contribution in [2.75, 3.05) is 17.2 Å². The summed E-state index contributed by atoms with van der Waals surface area (Å²) in [6.45, 7) is 2.80. The van der Waals surface area contributed by atoms with Gasteiger partial charge in [0.15, 0.2) is 5.13 Å². The molecule has 1 aromatic heterocycles.